The molecule has 0 atom stereocenters. The van der Waals surface area contributed by atoms with Gasteiger partial charge < -0.3 is 10.1 Å². The molecule has 0 aromatic carbocycles. The quantitative estimate of drug-likeness (QED) is 0.800. The molecule has 1 aromatic heterocycles. The van der Waals surface area contributed by atoms with Crippen LogP contribution >= 0.6 is 11.6 Å². The molecule has 0 aliphatic heterocycles. The second-order valence-corrected chi connectivity index (χ2v) is 4.10. The van der Waals surface area contributed by atoms with Crippen molar-refractivity contribution in [3.8, 4) is 5.75 Å². The fourth-order valence-electron chi connectivity index (χ4n) is 1.71. The summed E-state index contributed by atoms with van der Waals surface area (Å²) in [5.74, 6) is 1.99. The molecular formula is C10H14ClN3O. The van der Waals surface area contributed by atoms with Gasteiger partial charge in [0.2, 0.25) is 0 Å². The first-order valence-electron chi connectivity index (χ1n) is 4.98. The van der Waals surface area contributed by atoms with E-state index in [0.717, 1.165) is 18.7 Å². The first-order valence-corrected chi connectivity index (χ1v) is 5.51. The van der Waals surface area contributed by atoms with Gasteiger partial charge in [0.1, 0.15) is 6.33 Å². The Labute approximate surface area is 94.0 Å². The first-order chi connectivity index (χ1) is 7.29. The molecule has 0 unspecified atom stereocenters. The molecule has 1 saturated carbocycles. The number of hydrogen-bond acceptors (Lipinski definition) is 4. The lowest BCUT2D eigenvalue weighted by atomic mass is 9.78. The molecule has 1 aromatic rings. The summed E-state index contributed by atoms with van der Waals surface area (Å²) in [5, 5.41) is 3.35. The van der Waals surface area contributed by atoms with E-state index in [0.29, 0.717) is 11.6 Å². The number of hydrogen-bond donors (Lipinski definition) is 1. The average molecular weight is 228 g/mol. The summed E-state index contributed by atoms with van der Waals surface area (Å²) in [4.78, 5) is 8.07. The summed E-state index contributed by atoms with van der Waals surface area (Å²) in [6, 6.07) is 0. The zero-order chi connectivity index (χ0) is 10.7. The Kier molecular flexibility index (Phi) is 2.95. The molecule has 1 N–H and O–H groups in total. The van der Waals surface area contributed by atoms with Crippen LogP contribution in [0.2, 0.25) is 0 Å². The number of aromatic nitrogens is 2. The van der Waals surface area contributed by atoms with Crippen LogP contribution in [0.4, 0.5) is 5.82 Å². The number of methoxy groups -OCH3 is 1. The molecule has 0 saturated heterocycles. The van der Waals surface area contributed by atoms with Crippen LogP contribution in [0.3, 0.4) is 0 Å². The summed E-state index contributed by atoms with van der Waals surface area (Å²) in [7, 11) is 1.61. The minimum Gasteiger partial charge on any atom is -0.491 e. The molecule has 1 heterocycles. The van der Waals surface area contributed by atoms with Crippen LogP contribution in [0.1, 0.15) is 19.3 Å². The molecule has 1 aliphatic carbocycles. The molecule has 0 radical (unpaired) electrons. The van der Waals surface area contributed by atoms with Gasteiger partial charge in [-0.25, -0.2) is 9.97 Å². The Balaban J connectivity index is 2.15. The van der Waals surface area contributed by atoms with E-state index in [4.69, 9.17) is 16.3 Å². The van der Waals surface area contributed by atoms with Gasteiger partial charge in [0, 0.05) is 5.88 Å². The van der Waals surface area contributed by atoms with Gasteiger partial charge in [-0.2, -0.15) is 0 Å². The van der Waals surface area contributed by atoms with Gasteiger partial charge in [-0.1, -0.05) is 0 Å². The summed E-state index contributed by atoms with van der Waals surface area (Å²) in [6.07, 6.45) is 6.54. The van der Waals surface area contributed by atoms with Gasteiger partial charge in [-0.05, 0) is 19.3 Å². The van der Waals surface area contributed by atoms with E-state index < -0.39 is 0 Å². The predicted octanol–water partition coefficient (Wildman–Crippen LogP) is 2.06. The topological polar surface area (TPSA) is 47.0 Å². The van der Waals surface area contributed by atoms with Crippen LogP contribution in [-0.2, 0) is 0 Å². The fraction of sp³-hybridized carbons (Fsp3) is 0.600. The van der Waals surface area contributed by atoms with Gasteiger partial charge in [0.25, 0.3) is 0 Å². The van der Waals surface area contributed by atoms with Crippen LogP contribution in [0.25, 0.3) is 0 Å². The van der Waals surface area contributed by atoms with E-state index >= 15 is 0 Å². The highest BCUT2D eigenvalue weighted by Crippen LogP contribution is 2.37. The molecule has 82 valence electrons. The van der Waals surface area contributed by atoms with E-state index in [9.17, 15) is 0 Å². The van der Waals surface area contributed by atoms with Gasteiger partial charge in [-0.15, -0.1) is 11.6 Å². The first kappa shape index (κ1) is 10.5. The largest absolute Gasteiger partial charge is 0.491 e. The van der Waals surface area contributed by atoms with E-state index in [-0.39, 0.29) is 5.54 Å². The second-order valence-electron chi connectivity index (χ2n) is 3.83. The van der Waals surface area contributed by atoms with Gasteiger partial charge in [-0.3, -0.25) is 0 Å². The maximum atomic E-state index is 5.96. The molecule has 1 fully saturated rings. The summed E-state index contributed by atoms with van der Waals surface area (Å²) in [6.45, 7) is 0. The van der Waals surface area contributed by atoms with Crippen LogP contribution in [0.5, 0.6) is 5.75 Å². The highest BCUT2D eigenvalue weighted by molar-refractivity contribution is 6.19. The maximum absolute atomic E-state index is 5.96. The van der Waals surface area contributed by atoms with E-state index in [1.807, 2.05) is 0 Å². The fourth-order valence-corrected chi connectivity index (χ4v) is 2.04. The van der Waals surface area contributed by atoms with Crippen molar-refractivity contribution in [3.63, 3.8) is 0 Å². The van der Waals surface area contributed by atoms with Crippen molar-refractivity contribution in [1.29, 1.82) is 0 Å². The van der Waals surface area contributed by atoms with Crippen LogP contribution in [0.15, 0.2) is 12.5 Å². The zero-order valence-corrected chi connectivity index (χ0v) is 9.42. The number of nitrogens with one attached hydrogen (secondary N) is 1. The molecule has 2 rings (SSSR count). The van der Waals surface area contributed by atoms with Crippen molar-refractivity contribution in [2.45, 2.75) is 24.8 Å². The Morgan fingerprint density at radius 3 is 2.93 bits per heavy atom. The number of nitrogens with zero attached hydrogens (tertiary/aromatic N) is 2. The van der Waals surface area contributed by atoms with Crippen molar-refractivity contribution in [1.82, 2.24) is 9.97 Å². The average Bonchev–Trinajstić information content (AvgIpc) is 2.24. The molecular weight excluding hydrogens is 214 g/mol. The Bertz CT molecular complexity index is 336. The third-order valence-corrected chi connectivity index (χ3v) is 3.36. The van der Waals surface area contributed by atoms with Crippen molar-refractivity contribution < 1.29 is 4.74 Å². The maximum Gasteiger partial charge on any atom is 0.179 e. The van der Waals surface area contributed by atoms with Crippen molar-refractivity contribution in [2.24, 2.45) is 0 Å². The van der Waals surface area contributed by atoms with Gasteiger partial charge >= 0.3 is 0 Å². The van der Waals surface area contributed by atoms with E-state index in [2.05, 4.69) is 15.3 Å². The van der Waals surface area contributed by atoms with Gasteiger partial charge in [0.05, 0.1) is 18.8 Å². The second kappa shape index (κ2) is 4.23. The normalized spacial score (nSPS) is 18.0. The highest BCUT2D eigenvalue weighted by atomic mass is 35.5. The lowest BCUT2D eigenvalue weighted by molar-refractivity contribution is 0.308. The number of alkyl halides is 1. The Hall–Kier alpha value is -1.03. The van der Waals surface area contributed by atoms with E-state index in [1.54, 1.807) is 13.3 Å². The van der Waals surface area contributed by atoms with Crippen molar-refractivity contribution >= 4 is 17.4 Å². The third-order valence-electron chi connectivity index (χ3n) is 2.85. The molecule has 5 heteroatoms. The lowest BCUT2D eigenvalue weighted by Crippen LogP contribution is -2.47. The molecule has 1 aliphatic rings. The lowest BCUT2D eigenvalue weighted by Gasteiger charge is -2.41. The number of halogens is 1. The number of rotatable bonds is 4. The number of anilines is 1. The standard InChI is InChI=1S/C10H14ClN3O/c1-15-8-5-12-7-13-9(8)14-10(6-11)3-2-4-10/h5,7H,2-4,6H2,1H3,(H,12,13,14). The van der Waals surface area contributed by atoms with E-state index in [1.165, 1.54) is 12.7 Å². The minimum absolute atomic E-state index is 0.00316. The smallest absolute Gasteiger partial charge is 0.179 e. The Morgan fingerprint density at radius 1 is 1.60 bits per heavy atom. The Morgan fingerprint density at radius 2 is 2.40 bits per heavy atom. The van der Waals surface area contributed by atoms with Crippen LogP contribution in [0, 0.1) is 0 Å². The third kappa shape index (κ3) is 2.00. The molecule has 0 spiro atoms. The zero-order valence-electron chi connectivity index (χ0n) is 8.66. The molecule has 15 heavy (non-hydrogen) atoms. The molecule has 0 bridgehead atoms. The highest BCUT2D eigenvalue weighted by Gasteiger charge is 2.36. The van der Waals surface area contributed by atoms with Crippen molar-refractivity contribution in [3.05, 3.63) is 12.5 Å². The minimum atomic E-state index is 0.00316. The monoisotopic (exact) mass is 227 g/mol. The van der Waals surface area contributed by atoms with Crippen LogP contribution in [-0.4, -0.2) is 28.5 Å². The molecule has 0 amide bonds. The SMILES string of the molecule is COc1cncnc1NC1(CCl)CCC1. The van der Waals surface area contributed by atoms with Crippen LogP contribution < -0.4 is 10.1 Å². The summed E-state index contributed by atoms with van der Waals surface area (Å²) < 4.78 is 5.17. The van der Waals surface area contributed by atoms with Crippen molar-refractivity contribution in [2.75, 3.05) is 18.3 Å². The predicted molar refractivity (Wildman–Crippen MR) is 59.5 cm³/mol. The summed E-state index contributed by atoms with van der Waals surface area (Å²) in [5.41, 5.74) is 0.00316. The molecule has 4 nitrogen and oxygen atoms in total. The summed E-state index contributed by atoms with van der Waals surface area (Å²) >= 11 is 5.96. The van der Waals surface area contributed by atoms with Gasteiger partial charge in [0.15, 0.2) is 11.6 Å². The number of ether oxygens (including phenoxy) is 1.